The molecule has 0 atom stereocenters. The number of esters is 1. The lowest BCUT2D eigenvalue weighted by atomic mass is 10.1. The summed E-state index contributed by atoms with van der Waals surface area (Å²) >= 11 is 0. The first-order valence-electron chi connectivity index (χ1n) is 10.8. The van der Waals surface area contributed by atoms with Crippen LogP contribution in [0.1, 0.15) is 70.3 Å². The molecule has 0 aliphatic carbocycles. The van der Waals surface area contributed by atoms with Gasteiger partial charge in [0, 0.05) is 0 Å². The van der Waals surface area contributed by atoms with Crippen LogP contribution in [0, 0.1) is 0 Å². The zero-order chi connectivity index (χ0) is 21.2. The molecule has 3 heteroatoms. The van der Waals surface area contributed by atoms with Gasteiger partial charge in [0.2, 0.25) is 0 Å². The number of benzene rings is 2. The fourth-order valence-electron chi connectivity index (χ4n) is 2.67. The van der Waals surface area contributed by atoms with Crippen molar-refractivity contribution in [2.24, 2.45) is 0 Å². The highest BCUT2D eigenvalue weighted by Crippen LogP contribution is 2.13. The van der Waals surface area contributed by atoms with Crippen LogP contribution in [-0.4, -0.2) is 30.5 Å². The van der Waals surface area contributed by atoms with Crippen molar-refractivity contribution >= 4 is 5.97 Å². The molecule has 0 radical (unpaired) electrons. The molecule has 0 bridgehead atoms. The van der Waals surface area contributed by atoms with Crippen LogP contribution in [0.15, 0.2) is 54.6 Å². The summed E-state index contributed by atoms with van der Waals surface area (Å²) in [6, 6.07) is 16.9. The summed E-state index contributed by atoms with van der Waals surface area (Å²) in [4.78, 5) is 14.5. The average molecular weight is 386 g/mol. The second-order valence-electron chi connectivity index (χ2n) is 5.88. The summed E-state index contributed by atoms with van der Waals surface area (Å²) in [7, 11) is 0. The predicted octanol–water partition coefficient (Wildman–Crippen LogP) is 6.62. The van der Waals surface area contributed by atoms with Crippen molar-refractivity contribution in [1.82, 2.24) is 4.90 Å². The molecule has 0 amide bonds. The van der Waals surface area contributed by atoms with Gasteiger partial charge in [-0.2, -0.15) is 0 Å². The smallest absolute Gasteiger partial charge is 0.343 e. The first-order chi connectivity index (χ1) is 13.7. The summed E-state index contributed by atoms with van der Waals surface area (Å²) in [6.45, 7) is 15.8. The van der Waals surface area contributed by atoms with E-state index in [0.717, 1.165) is 26.1 Å². The van der Waals surface area contributed by atoms with E-state index in [4.69, 9.17) is 4.74 Å². The molecule has 0 aliphatic heterocycles. The Labute approximate surface area is 172 Å². The summed E-state index contributed by atoms with van der Waals surface area (Å²) in [5, 5.41) is 0. The highest BCUT2D eigenvalue weighted by Gasteiger charge is 2.08. The molecular weight excluding hydrogens is 346 g/mol. The van der Waals surface area contributed by atoms with Crippen LogP contribution in [0.25, 0.3) is 0 Å². The van der Waals surface area contributed by atoms with Crippen LogP contribution in [0.3, 0.4) is 0 Å². The first kappa shape index (κ1) is 25.9. The Morgan fingerprint density at radius 3 is 1.93 bits per heavy atom. The van der Waals surface area contributed by atoms with E-state index >= 15 is 0 Å². The van der Waals surface area contributed by atoms with E-state index in [-0.39, 0.29) is 5.97 Å². The first-order valence-corrected chi connectivity index (χ1v) is 10.8. The Hall–Kier alpha value is -2.13. The number of carbonyl (C=O) groups excluding carboxylic acids is 1. The molecule has 2 aromatic rings. The number of hydrogen-bond acceptors (Lipinski definition) is 3. The molecule has 0 fully saturated rings. The van der Waals surface area contributed by atoms with E-state index in [1.807, 2.05) is 70.2 Å². The monoisotopic (exact) mass is 385 g/mol. The molecule has 0 saturated carbocycles. The van der Waals surface area contributed by atoms with Gasteiger partial charge >= 0.3 is 5.97 Å². The van der Waals surface area contributed by atoms with Crippen LogP contribution in [0.5, 0.6) is 5.75 Å². The molecule has 0 N–H and O–H groups in total. The molecule has 0 saturated heterocycles. The van der Waals surface area contributed by atoms with Crippen molar-refractivity contribution in [2.75, 3.05) is 19.6 Å². The molecule has 0 aromatic heterocycles. The maximum atomic E-state index is 12.1. The lowest BCUT2D eigenvalue weighted by Gasteiger charge is -2.17. The number of nitrogens with zero attached hydrogens (tertiary/aromatic N) is 1. The third kappa shape index (κ3) is 10.3. The minimum absolute atomic E-state index is 0.311. The van der Waals surface area contributed by atoms with Crippen LogP contribution >= 0.6 is 0 Å². The van der Waals surface area contributed by atoms with E-state index in [1.54, 1.807) is 12.1 Å². The Bertz CT molecular complexity index is 604. The zero-order valence-electron chi connectivity index (χ0n) is 18.7. The fourth-order valence-corrected chi connectivity index (χ4v) is 2.67. The second kappa shape index (κ2) is 17.0. The standard InChI is InChI=1S/C21H27NO2.2C2H6/c1-3-22(4-2)17-9-8-10-18-13-15-19(16-14-18)21(23)24-20-11-6-5-7-12-20;2*1-2/h5-7,11-16H,3-4,8-10,17H2,1-2H3;2*1-2H3. The van der Waals surface area contributed by atoms with Gasteiger partial charge in [-0.15, -0.1) is 0 Å². The van der Waals surface area contributed by atoms with Crippen LogP contribution < -0.4 is 4.74 Å². The van der Waals surface area contributed by atoms with E-state index < -0.39 is 0 Å². The molecular formula is C25H39NO2. The fraction of sp³-hybridized carbons (Fsp3) is 0.480. The third-order valence-corrected chi connectivity index (χ3v) is 4.23. The Kier molecular flexibility index (Phi) is 15.7. The van der Waals surface area contributed by atoms with E-state index in [2.05, 4.69) is 18.7 Å². The van der Waals surface area contributed by atoms with Gasteiger partial charge in [0.05, 0.1) is 5.56 Å². The summed E-state index contributed by atoms with van der Waals surface area (Å²) in [5.41, 5.74) is 1.86. The SMILES string of the molecule is CC.CC.CCN(CC)CCCCc1ccc(C(=O)Oc2ccccc2)cc1. The average Bonchev–Trinajstić information content (AvgIpc) is 2.78. The molecule has 0 spiro atoms. The van der Waals surface area contributed by atoms with Crippen molar-refractivity contribution in [2.45, 2.75) is 60.8 Å². The van der Waals surface area contributed by atoms with Gasteiger partial charge in [0.1, 0.15) is 5.75 Å². The molecule has 156 valence electrons. The molecule has 0 unspecified atom stereocenters. The topological polar surface area (TPSA) is 29.5 Å². The lowest BCUT2D eigenvalue weighted by Crippen LogP contribution is -2.23. The van der Waals surface area contributed by atoms with E-state index in [1.165, 1.54) is 18.4 Å². The third-order valence-electron chi connectivity index (χ3n) is 4.23. The van der Waals surface area contributed by atoms with E-state index in [0.29, 0.717) is 11.3 Å². The highest BCUT2D eigenvalue weighted by atomic mass is 16.5. The predicted molar refractivity (Wildman–Crippen MR) is 121 cm³/mol. The Morgan fingerprint density at radius 2 is 1.39 bits per heavy atom. The van der Waals surface area contributed by atoms with Gasteiger partial charge in [-0.3, -0.25) is 0 Å². The second-order valence-corrected chi connectivity index (χ2v) is 5.88. The van der Waals surface area contributed by atoms with Crippen molar-refractivity contribution in [3.05, 3.63) is 65.7 Å². The van der Waals surface area contributed by atoms with Gasteiger partial charge in [-0.25, -0.2) is 4.79 Å². The molecule has 2 rings (SSSR count). The Morgan fingerprint density at radius 1 is 0.821 bits per heavy atom. The van der Waals surface area contributed by atoms with Gasteiger partial charge in [-0.1, -0.05) is 71.9 Å². The number of rotatable bonds is 9. The number of aryl methyl sites for hydroxylation is 1. The van der Waals surface area contributed by atoms with Crippen molar-refractivity contribution in [3.8, 4) is 5.75 Å². The minimum atomic E-state index is -0.311. The molecule has 0 heterocycles. The molecule has 0 aliphatic rings. The maximum absolute atomic E-state index is 12.1. The molecule has 28 heavy (non-hydrogen) atoms. The van der Waals surface area contributed by atoms with Gasteiger partial charge < -0.3 is 9.64 Å². The normalized spacial score (nSPS) is 9.68. The maximum Gasteiger partial charge on any atom is 0.343 e. The summed E-state index contributed by atoms with van der Waals surface area (Å²) in [6.07, 6.45) is 3.43. The van der Waals surface area contributed by atoms with Crippen LogP contribution in [-0.2, 0) is 6.42 Å². The number of ether oxygens (including phenoxy) is 1. The number of para-hydroxylation sites is 1. The van der Waals surface area contributed by atoms with Gasteiger partial charge in [-0.05, 0) is 68.7 Å². The number of unbranched alkanes of at least 4 members (excludes halogenated alkanes) is 1. The minimum Gasteiger partial charge on any atom is -0.423 e. The van der Waals surface area contributed by atoms with Crippen molar-refractivity contribution in [3.63, 3.8) is 0 Å². The summed E-state index contributed by atoms with van der Waals surface area (Å²) in [5.74, 6) is 0.261. The molecule has 2 aromatic carbocycles. The largest absolute Gasteiger partial charge is 0.423 e. The van der Waals surface area contributed by atoms with E-state index in [9.17, 15) is 4.79 Å². The number of carbonyl (C=O) groups is 1. The molecule has 3 nitrogen and oxygen atoms in total. The number of hydrogen-bond donors (Lipinski definition) is 0. The van der Waals surface area contributed by atoms with Crippen molar-refractivity contribution in [1.29, 1.82) is 0 Å². The lowest BCUT2D eigenvalue weighted by molar-refractivity contribution is 0.0735. The summed E-state index contributed by atoms with van der Waals surface area (Å²) < 4.78 is 5.35. The van der Waals surface area contributed by atoms with Crippen LogP contribution in [0.2, 0.25) is 0 Å². The highest BCUT2D eigenvalue weighted by molar-refractivity contribution is 5.91. The van der Waals surface area contributed by atoms with Gasteiger partial charge in [0.25, 0.3) is 0 Å². The van der Waals surface area contributed by atoms with Crippen LogP contribution in [0.4, 0.5) is 0 Å². The quantitative estimate of drug-likeness (QED) is 0.276. The zero-order valence-corrected chi connectivity index (χ0v) is 18.7. The van der Waals surface area contributed by atoms with Gasteiger partial charge in [0.15, 0.2) is 0 Å². The Balaban J connectivity index is 0.00000171. The van der Waals surface area contributed by atoms with Crippen molar-refractivity contribution < 1.29 is 9.53 Å².